The van der Waals surface area contributed by atoms with Crippen molar-refractivity contribution in [2.75, 3.05) is 0 Å². The number of hydrogen-bond acceptors (Lipinski definition) is 4. The van der Waals surface area contributed by atoms with E-state index in [-0.39, 0.29) is 23.6 Å². The fourth-order valence-electron chi connectivity index (χ4n) is 3.52. The molecule has 1 amide bonds. The molecule has 4 nitrogen and oxygen atoms in total. The van der Waals surface area contributed by atoms with Crippen LogP contribution in [-0.4, -0.2) is 27.9 Å². The second-order valence-corrected chi connectivity index (χ2v) is 11.2. The molecule has 2 heterocycles. The Morgan fingerprint density at radius 2 is 1.59 bits per heavy atom. The van der Waals surface area contributed by atoms with Gasteiger partial charge in [0.1, 0.15) is 6.04 Å². The van der Waals surface area contributed by atoms with Crippen molar-refractivity contribution < 1.29 is 14.7 Å². The highest BCUT2D eigenvalue weighted by molar-refractivity contribution is 7.24. The average molecular weight is 551 g/mol. The van der Waals surface area contributed by atoms with Crippen molar-refractivity contribution in [2.45, 2.75) is 19.0 Å². The summed E-state index contributed by atoms with van der Waals surface area (Å²) in [6.07, 6.45) is 0.159. The number of aliphatic carboxylic acids is 1. The Bertz CT molecular complexity index is 1320. The van der Waals surface area contributed by atoms with Gasteiger partial charge in [0.05, 0.1) is 21.5 Å². The molecule has 0 bridgehead atoms. The number of nitrogens with zero attached hydrogens (tertiary/aromatic N) is 1. The van der Waals surface area contributed by atoms with Crippen LogP contribution in [0.2, 0.25) is 14.4 Å². The van der Waals surface area contributed by atoms with Crippen molar-refractivity contribution in [2.24, 2.45) is 0 Å². The van der Waals surface area contributed by atoms with Crippen LogP contribution in [0.15, 0.2) is 72.8 Å². The number of carbonyl (C=O) groups excluding carboxylic acids is 1. The maximum Gasteiger partial charge on any atom is 0.326 e. The van der Waals surface area contributed by atoms with E-state index in [0.717, 1.165) is 20.2 Å². The quantitative estimate of drug-likeness (QED) is 0.244. The first-order valence-electron chi connectivity index (χ1n) is 10.2. The number of carboxylic acids is 1. The Morgan fingerprint density at radius 3 is 2.24 bits per heavy atom. The van der Waals surface area contributed by atoms with E-state index < -0.39 is 17.9 Å². The zero-order chi connectivity index (χ0) is 24.2. The highest BCUT2D eigenvalue weighted by Gasteiger charge is 2.32. The largest absolute Gasteiger partial charge is 0.480 e. The van der Waals surface area contributed by atoms with E-state index in [4.69, 9.17) is 34.8 Å². The lowest BCUT2D eigenvalue weighted by Gasteiger charge is -2.29. The van der Waals surface area contributed by atoms with Gasteiger partial charge in [0, 0.05) is 26.1 Å². The van der Waals surface area contributed by atoms with Crippen molar-refractivity contribution in [1.29, 1.82) is 0 Å². The first-order valence-corrected chi connectivity index (χ1v) is 13.0. The van der Waals surface area contributed by atoms with Gasteiger partial charge in [-0.1, -0.05) is 65.1 Å². The van der Waals surface area contributed by atoms with E-state index in [2.05, 4.69) is 0 Å². The van der Waals surface area contributed by atoms with Gasteiger partial charge in [-0.25, -0.2) is 4.79 Å². The van der Waals surface area contributed by atoms with Gasteiger partial charge in [-0.3, -0.25) is 4.79 Å². The Morgan fingerprint density at radius 1 is 0.882 bits per heavy atom. The zero-order valence-corrected chi connectivity index (χ0v) is 21.5. The van der Waals surface area contributed by atoms with Gasteiger partial charge >= 0.3 is 5.97 Å². The lowest BCUT2D eigenvalue weighted by Crippen LogP contribution is -2.46. The van der Waals surface area contributed by atoms with Crippen molar-refractivity contribution in [1.82, 2.24) is 4.90 Å². The minimum Gasteiger partial charge on any atom is -0.480 e. The Hall–Kier alpha value is -2.35. The molecule has 0 spiro atoms. The average Bonchev–Trinajstić information content (AvgIpc) is 3.45. The number of thiophene rings is 2. The highest BCUT2D eigenvalue weighted by atomic mass is 35.5. The molecule has 1 atom stereocenters. The molecule has 2 aromatic heterocycles. The summed E-state index contributed by atoms with van der Waals surface area (Å²) in [6, 6.07) is 20.3. The molecule has 34 heavy (non-hydrogen) atoms. The van der Waals surface area contributed by atoms with Crippen LogP contribution in [0.4, 0.5) is 0 Å². The highest BCUT2D eigenvalue weighted by Crippen LogP contribution is 2.36. The molecule has 9 heteroatoms. The molecule has 2 aromatic carbocycles. The smallest absolute Gasteiger partial charge is 0.326 e. The van der Waals surface area contributed by atoms with Crippen LogP contribution in [0.25, 0.3) is 9.75 Å². The van der Waals surface area contributed by atoms with Gasteiger partial charge in [-0.2, -0.15) is 0 Å². The predicted octanol–water partition coefficient (Wildman–Crippen LogP) is 7.78. The monoisotopic (exact) mass is 549 g/mol. The molecule has 0 radical (unpaired) electrons. The van der Waals surface area contributed by atoms with E-state index >= 15 is 0 Å². The lowest BCUT2D eigenvalue weighted by atomic mass is 10.0. The number of benzene rings is 2. The molecule has 0 saturated carbocycles. The first-order chi connectivity index (χ1) is 16.3. The van der Waals surface area contributed by atoms with E-state index in [9.17, 15) is 14.7 Å². The number of carboxylic acid groups (broad SMARTS) is 1. The normalized spacial score (nSPS) is 11.9. The van der Waals surface area contributed by atoms with Gasteiger partial charge in [0.25, 0.3) is 5.91 Å². The van der Waals surface area contributed by atoms with Crippen molar-refractivity contribution in [3.05, 3.63) is 103 Å². The fourth-order valence-corrected chi connectivity index (χ4v) is 6.15. The van der Waals surface area contributed by atoms with Crippen LogP contribution in [0.5, 0.6) is 0 Å². The molecule has 4 aromatic rings. The maximum absolute atomic E-state index is 13.6. The summed E-state index contributed by atoms with van der Waals surface area (Å²) in [5, 5.41) is 10.7. The minimum absolute atomic E-state index is 0.116. The molecule has 4 rings (SSSR count). The first kappa shape index (κ1) is 24.8. The molecule has 0 saturated heterocycles. The van der Waals surface area contributed by atoms with Crippen LogP contribution in [0.1, 0.15) is 20.8 Å². The van der Waals surface area contributed by atoms with Crippen LogP contribution >= 0.6 is 57.5 Å². The van der Waals surface area contributed by atoms with Gasteiger partial charge in [0.2, 0.25) is 0 Å². The second-order valence-electron chi connectivity index (χ2n) is 7.47. The summed E-state index contributed by atoms with van der Waals surface area (Å²) < 4.78 is 0.688. The maximum atomic E-state index is 13.6. The van der Waals surface area contributed by atoms with E-state index in [1.807, 2.05) is 54.6 Å². The third-order valence-corrected chi connectivity index (χ3v) is 8.20. The molecule has 0 aliphatic carbocycles. The molecule has 0 aliphatic heterocycles. The van der Waals surface area contributed by atoms with Crippen LogP contribution in [0.3, 0.4) is 0 Å². The summed E-state index contributed by atoms with van der Waals surface area (Å²) in [5.41, 5.74) is 1.02. The zero-order valence-electron chi connectivity index (χ0n) is 17.6. The van der Waals surface area contributed by atoms with Crippen LogP contribution in [-0.2, 0) is 17.8 Å². The summed E-state index contributed by atoms with van der Waals surface area (Å²) in [5.74, 6) is -1.57. The predicted molar refractivity (Wildman–Crippen MR) is 141 cm³/mol. The molecular formula is C25H18Cl3NO3S2. The molecule has 0 fully saturated rings. The van der Waals surface area contributed by atoms with Gasteiger partial charge < -0.3 is 10.0 Å². The SMILES string of the molecule is O=C(O)C(Cc1ccccc1)N(Cc1ccc(-c2ccc(Cl)s2)s1)C(=O)c1ccc(Cl)cc1Cl. The van der Waals surface area contributed by atoms with Gasteiger partial charge in [-0.15, -0.1) is 22.7 Å². The third kappa shape index (κ3) is 5.82. The fraction of sp³-hybridized carbons (Fsp3) is 0.120. The molecular weight excluding hydrogens is 533 g/mol. The molecule has 174 valence electrons. The summed E-state index contributed by atoms with van der Waals surface area (Å²) in [6.45, 7) is 0.116. The number of amides is 1. The Balaban J connectivity index is 1.70. The second kappa shape index (κ2) is 10.9. The van der Waals surface area contributed by atoms with Crippen LogP contribution < -0.4 is 0 Å². The Kier molecular flexibility index (Phi) is 7.96. The summed E-state index contributed by atoms with van der Waals surface area (Å²) in [4.78, 5) is 30.2. The number of carbonyl (C=O) groups is 2. The standard InChI is InChI=1S/C25H18Cl3NO3S2/c26-16-6-8-18(19(27)13-16)24(30)29(20(25(31)32)12-15-4-2-1-3-5-15)14-17-7-9-21(33-17)22-10-11-23(28)34-22/h1-11,13,20H,12,14H2,(H,31,32). The Labute approximate surface area is 219 Å². The van der Waals surface area contributed by atoms with Crippen molar-refractivity contribution >= 4 is 69.4 Å². The van der Waals surface area contributed by atoms with E-state index in [1.165, 1.54) is 39.7 Å². The van der Waals surface area contributed by atoms with E-state index in [0.29, 0.717) is 9.36 Å². The third-order valence-electron chi connectivity index (χ3n) is 5.16. The minimum atomic E-state index is -1.09. The lowest BCUT2D eigenvalue weighted by molar-refractivity contribution is -0.142. The summed E-state index contributed by atoms with van der Waals surface area (Å²) in [7, 11) is 0. The summed E-state index contributed by atoms with van der Waals surface area (Å²) >= 11 is 21.3. The molecule has 1 unspecified atom stereocenters. The van der Waals surface area contributed by atoms with E-state index in [1.54, 1.807) is 6.07 Å². The topological polar surface area (TPSA) is 57.6 Å². The molecule has 0 aliphatic rings. The number of halogens is 3. The van der Waals surface area contributed by atoms with Gasteiger partial charge in [-0.05, 0) is 48.0 Å². The van der Waals surface area contributed by atoms with Crippen LogP contribution in [0, 0.1) is 0 Å². The number of hydrogen-bond donors (Lipinski definition) is 1. The van der Waals surface area contributed by atoms with Crippen molar-refractivity contribution in [3.63, 3.8) is 0 Å². The van der Waals surface area contributed by atoms with Crippen molar-refractivity contribution in [3.8, 4) is 9.75 Å². The molecule has 1 N–H and O–H groups in total. The number of rotatable bonds is 8. The van der Waals surface area contributed by atoms with Gasteiger partial charge in [0.15, 0.2) is 0 Å².